The molecule has 0 saturated heterocycles. The third kappa shape index (κ3) is 3.67. The molecule has 0 amide bonds. The van der Waals surface area contributed by atoms with Gasteiger partial charge in [-0.3, -0.25) is 14.0 Å². The van der Waals surface area contributed by atoms with Gasteiger partial charge in [0.25, 0.3) is 11.4 Å². The number of aryl methyl sites for hydroxylation is 2. The zero-order chi connectivity index (χ0) is 25.0. The number of hydrogen-bond donors (Lipinski definition) is 2. The van der Waals surface area contributed by atoms with E-state index >= 15 is 0 Å². The molecule has 1 fully saturated rings. The number of benzene rings is 1. The Bertz CT molecular complexity index is 1660. The van der Waals surface area contributed by atoms with Gasteiger partial charge in [0.05, 0.1) is 23.1 Å². The van der Waals surface area contributed by atoms with Crippen molar-refractivity contribution in [3.8, 4) is 22.6 Å². The lowest BCUT2D eigenvalue weighted by molar-refractivity contribution is 0.532. The Hall–Kier alpha value is -4.61. The Kier molecular flexibility index (Phi) is 5.02. The molecule has 1 atom stereocenters. The number of aromatic nitrogens is 8. The van der Waals surface area contributed by atoms with Gasteiger partial charge in [-0.05, 0) is 31.4 Å². The summed E-state index contributed by atoms with van der Waals surface area (Å²) in [5.74, 6) is 1.85. The summed E-state index contributed by atoms with van der Waals surface area (Å²) in [6, 6.07) is 5.41. The lowest BCUT2D eigenvalue weighted by atomic mass is 10.0. The fourth-order valence-corrected chi connectivity index (χ4v) is 4.44. The zero-order valence-corrected chi connectivity index (χ0v) is 20.0. The van der Waals surface area contributed by atoms with E-state index in [2.05, 4.69) is 30.6 Å². The molecule has 4 heterocycles. The highest BCUT2D eigenvalue weighted by atomic mass is 16.4. The second kappa shape index (κ2) is 8.26. The lowest BCUT2D eigenvalue weighted by Gasteiger charge is -2.21. The summed E-state index contributed by atoms with van der Waals surface area (Å²) in [7, 11) is 1.85. The Morgan fingerprint density at radius 1 is 1.22 bits per heavy atom. The third-order valence-corrected chi connectivity index (χ3v) is 6.24. The molecule has 3 N–H and O–H groups in total. The normalized spacial score (nSPS) is 14.3. The first-order valence-electron chi connectivity index (χ1n) is 11.6. The monoisotopic (exact) mass is 484 g/mol. The Morgan fingerprint density at radius 3 is 2.75 bits per heavy atom. The van der Waals surface area contributed by atoms with Crippen molar-refractivity contribution in [2.75, 3.05) is 11.1 Å². The van der Waals surface area contributed by atoms with E-state index in [1.54, 1.807) is 22.4 Å². The summed E-state index contributed by atoms with van der Waals surface area (Å²) < 4.78 is 9.11. The Morgan fingerprint density at radius 2 is 2.06 bits per heavy atom. The van der Waals surface area contributed by atoms with Crippen LogP contribution in [0.3, 0.4) is 0 Å². The number of nitrogens with one attached hydrogen (secondary N) is 1. The van der Waals surface area contributed by atoms with E-state index in [0.29, 0.717) is 34.0 Å². The van der Waals surface area contributed by atoms with Gasteiger partial charge in [-0.2, -0.15) is 5.10 Å². The number of nitrogens with zero attached hydrogens (tertiary/aromatic N) is 8. The minimum atomic E-state index is -0.387. The van der Waals surface area contributed by atoms with Gasteiger partial charge < -0.3 is 15.5 Å². The SMILES string of the molecule is Cc1nnc(-c2c(N)ncnc2NC(C)c2nc3cccc(-c4cnn(C)c4)c3c(=O)n2C2CC2)o1. The molecule has 0 radical (unpaired) electrons. The number of nitrogens with two attached hydrogens (primary N) is 1. The largest absolute Gasteiger partial charge is 0.421 e. The standard InChI is InChI=1S/C24H24N10O2/c1-12(29-21-19(20(25)26-11-27-21)23-32-31-13(2)36-23)22-30-17-6-4-5-16(14-9-28-33(3)10-14)18(17)24(35)34(22)15-7-8-15/h4-6,9-12,15H,7-8H2,1-3H3,(H3,25,26,27,29). The predicted octanol–water partition coefficient (Wildman–Crippen LogP) is 3.04. The van der Waals surface area contributed by atoms with Gasteiger partial charge in [-0.15, -0.1) is 10.2 Å². The fourth-order valence-electron chi connectivity index (χ4n) is 4.44. The zero-order valence-electron chi connectivity index (χ0n) is 20.0. The molecule has 0 bridgehead atoms. The smallest absolute Gasteiger partial charge is 0.262 e. The second-order valence-electron chi connectivity index (χ2n) is 8.95. The van der Waals surface area contributed by atoms with Crippen LogP contribution in [0.25, 0.3) is 33.5 Å². The highest BCUT2D eigenvalue weighted by Gasteiger charge is 2.31. The third-order valence-electron chi connectivity index (χ3n) is 6.24. The van der Waals surface area contributed by atoms with Gasteiger partial charge in [0, 0.05) is 31.8 Å². The first-order valence-corrected chi connectivity index (χ1v) is 11.6. The molecule has 0 aliphatic heterocycles. The molecule has 6 rings (SSSR count). The summed E-state index contributed by atoms with van der Waals surface area (Å²) >= 11 is 0. The average molecular weight is 485 g/mol. The van der Waals surface area contributed by atoms with Crippen LogP contribution in [0.5, 0.6) is 0 Å². The summed E-state index contributed by atoms with van der Waals surface area (Å²) in [4.78, 5) is 27.3. The van der Waals surface area contributed by atoms with E-state index in [-0.39, 0.29) is 29.4 Å². The van der Waals surface area contributed by atoms with Gasteiger partial charge in [0.2, 0.25) is 5.89 Å². The molecule has 1 aliphatic carbocycles. The van der Waals surface area contributed by atoms with Crippen molar-refractivity contribution in [1.82, 2.24) is 39.5 Å². The molecular weight excluding hydrogens is 460 g/mol. The van der Waals surface area contributed by atoms with Crippen LogP contribution in [0.1, 0.15) is 43.6 Å². The van der Waals surface area contributed by atoms with Gasteiger partial charge in [-0.25, -0.2) is 15.0 Å². The first kappa shape index (κ1) is 21.9. The molecule has 0 spiro atoms. The molecule has 12 heteroatoms. The number of nitrogen functional groups attached to an aromatic ring is 1. The highest BCUT2D eigenvalue weighted by Crippen LogP contribution is 2.38. The summed E-state index contributed by atoms with van der Waals surface area (Å²) in [5.41, 5.74) is 8.79. The van der Waals surface area contributed by atoms with Crippen molar-refractivity contribution in [1.29, 1.82) is 0 Å². The van der Waals surface area contributed by atoms with Gasteiger partial charge in [0.1, 0.15) is 29.4 Å². The molecule has 182 valence electrons. The van der Waals surface area contributed by atoms with Crippen LogP contribution in [0.4, 0.5) is 11.6 Å². The summed E-state index contributed by atoms with van der Waals surface area (Å²) in [6.07, 6.45) is 6.87. The van der Waals surface area contributed by atoms with Crippen LogP contribution in [0, 0.1) is 6.92 Å². The van der Waals surface area contributed by atoms with Crippen molar-refractivity contribution in [3.63, 3.8) is 0 Å². The number of hydrogen-bond acceptors (Lipinski definition) is 10. The Labute approximate surface area is 205 Å². The molecule has 1 unspecified atom stereocenters. The maximum atomic E-state index is 13.9. The van der Waals surface area contributed by atoms with E-state index in [4.69, 9.17) is 15.1 Å². The van der Waals surface area contributed by atoms with Crippen molar-refractivity contribution >= 4 is 22.5 Å². The van der Waals surface area contributed by atoms with Crippen LogP contribution >= 0.6 is 0 Å². The topological polar surface area (TPSA) is 155 Å². The number of fused-ring (bicyclic) bond motifs is 1. The first-order chi connectivity index (χ1) is 17.4. The highest BCUT2D eigenvalue weighted by molar-refractivity contribution is 5.93. The van der Waals surface area contributed by atoms with Gasteiger partial charge in [0.15, 0.2) is 0 Å². The molecule has 1 saturated carbocycles. The van der Waals surface area contributed by atoms with E-state index in [9.17, 15) is 4.79 Å². The molecule has 12 nitrogen and oxygen atoms in total. The van der Waals surface area contributed by atoms with Gasteiger partial charge in [-0.1, -0.05) is 12.1 Å². The molecule has 5 aromatic rings. The van der Waals surface area contributed by atoms with Crippen molar-refractivity contribution in [2.45, 2.75) is 38.8 Å². The van der Waals surface area contributed by atoms with Gasteiger partial charge >= 0.3 is 0 Å². The van der Waals surface area contributed by atoms with Crippen molar-refractivity contribution in [2.24, 2.45) is 7.05 Å². The van der Waals surface area contributed by atoms with E-state index < -0.39 is 0 Å². The van der Waals surface area contributed by atoms with Crippen molar-refractivity contribution in [3.05, 3.63) is 59.0 Å². The fraction of sp³-hybridized carbons (Fsp3) is 0.292. The number of rotatable bonds is 6. The van der Waals surface area contributed by atoms with E-state index in [1.807, 2.05) is 38.4 Å². The minimum Gasteiger partial charge on any atom is -0.421 e. The molecule has 4 aromatic heterocycles. The van der Waals surface area contributed by atoms with Crippen LogP contribution in [0.15, 0.2) is 46.1 Å². The maximum Gasteiger partial charge on any atom is 0.262 e. The minimum absolute atomic E-state index is 0.0689. The maximum absolute atomic E-state index is 13.9. The summed E-state index contributed by atoms with van der Waals surface area (Å²) in [6.45, 7) is 3.62. The van der Waals surface area contributed by atoms with Crippen molar-refractivity contribution < 1.29 is 4.42 Å². The lowest BCUT2D eigenvalue weighted by Crippen LogP contribution is -2.28. The molecular formula is C24H24N10O2. The van der Waals surface area contributed by atoms with Crippen LogP contribution in [-0.4, -0.2) is 39.5 Å². The second-order valence-corrected chi connectivity index (χ2v) is 8.95. The van der Waals surface area contributed by atoms with Crippen LogP contribution < -0.4 is 16.6 Å². The Balaban J connectivity index is 1.47. The van der Waals surface area contributed by atoms with Crippen LogP contribution in [-0.2, 0) is 7.05 Å². The summed E-state index contributed by atoms with van der Waals surface area (Å²) in [5, 5.41) is 16.2. The quantitative estimate of drug-likeness (QED) is 0.367. The predicted molar refractivity (Wildman–Crippen MR) is 133 cm³/mol. The molecule has 36 heavy (non-hydrogen) atoms. The number of anilines is 2. The average Bonchev–Trinajstić information content (AvgIpc) is 3.45. The molecule has 1 aliphatic rings. The van der Waals surface area contributed by atoms with E-state index in [0.717, 1.165) is 24.0 Å². The van der Waals surface area contributed by atoms with E-state index in [1.165, 1.54) is 6.33 Å². The van der Waals surface area contributed by atoms with Crippen LogP contribution in [0.2, 0.25) is 0 Å². The molecule has 1 aromatic carbocycles.